The number of pyridine rings is 2. The Morgan fingerprint density at radius 3 is 2.80 bits per heavy atom. The summed E-state index contributed by atoms with van der Waals surface area (Å²) in [7, 11) is 0. The lowest BCUT2D eigenvalue weighted by atomic mass is 9.86. The van der Waals surface area contributed by atoms with Crippen molar-refractivity contribution in [3.63, 3.8) is 0 Å². The Kier molecular flexibility index (Phi) is 6.14. The minimum atomic E-state index is -1.41. The maximum absolute atomic E-state index is 15.0. The van der Waals surface area contributed by atoms with Crippen LogP contribution >= 0.6 is 11.3 Å². The van der Waals surface area contributed by atoms with Gasteiger partial charge in [-0.05, 0) is 38.7 Å². The minimum absolute atomic E-state index is 0.0249. The van der Waals surface area contributed by atoms with Gasteiger partial charge in [-0.25, -0.2) is 19.2 Å². The molecule has 0 amide bonds. The number of anilines is 1. The SMILES string of the molecule is CC1(CCC(=O)C2CN(c3nc4c(cc3F)c(=O)c(C(=O)O)cn4-c3nccs3)C2)CCCCO1. The highest BCUT2D eigenvalue weighted by Crippen LogP contribution is 2.32. The molecule has 0 aromatic carbocycles. The molecule has 184 valence electrons. The van der Waals surface area contributed by atoms with E-state index in [1.165, 1.54) is 15.9 Å². The van der Waals surface area contributed by atoms with Crippen molar-refractivity contribution in [1.82, 2.24) is 14.5 Å². The van der Waals surface area contributed by atoms with Gasteiger partial charge >= 0.3 is 5.97 Å². The Hall–Kier alpha value is -3.18. The number of fused-ring (bicyclic) bond motifs is 1. The molecule has 2 fully saturated rings. The lowest BCUT2D eigenvalue weighted by molar-refractivity contribution is -0.126. The predicted molar refractivity (Wildman–Crippen MR) is 128 cm³/mol. The fourth-order valence-corrected chi connectivity index (χ4v) is 5.32. The molecule has 35 heavy (non-hydrogen) atoms. The summed E-state index contributed by atoms with van der Waals surface area (Å²) < 4.78 is 22.3. The van der Waals surface area contributed by atoms with E-state index in [0.717, 1.165) is 38.1 Å². The number of hydrogen-bond donors (Lipinski definition) is 1. The van der Waals surface area contributed by atoms with Crippen LogP contribution in [0.15, 0.2) is 28.6 Å². The minimum Gasteiger partial charge on any atom is -0.477 e. The molecular formula is C24H25FN4O5S. The van der Waals surface area contributed by atoms with E-state index in [4.69, 9.17) is 4.74 Å². The van der Waals surface area contributed by atoms with Crippen LogP contribution < -0.4 is 10.3 Å². The number of rotatable bonds is 7. The molecule has 2 aliphatic heterocycles. The second kappa shape index (κ2) is 9.12. The molecule has 2 saturated heterocycles. The Bertz CT molecular complexity index is 1340. The number of aromatic carboxylic acids is 1. The van der Waals surface area contributed by atoms with Crippen LogP contribution in [0.1, 0.15) is 49.4 Å². The number of hydrogen-bond acceptors (Lipinski definition) is 8. The van der Waals surface area contributed by atoms with Crippen molar-refractivity contribution in [3.05, 3.63) is 45.4 Å². The molecule has 3 aromatic rings. The van der Waals surface area contributed by atoms with E-state index in [9.17, 15) is 19.5 Å². The van der Waals surface area contributed by atoms with Gasteiger partial charge in [0.25, 0.3) is 0 Å². The van der Waals surface area contributed by atoms with Crippen molar-refractivity contribution in [2.45, 2.75) is 44.6 Å². The molecule has 0 saturated carbocycles. The molecule has 5 heterocycles. The maximum Gasteiger partial charge on any atom is 0.341 e. The monoisotopic (exact) mass is 500 g/mol. The first kappa shape index (κ1) is 23.6. The average Bonchev–Trinajstić information content (AvgIpc) is 3.33. The van der Waals surface area contributed by atoms with E-state index >= 15 is 4.39 Å². The molecule has 0 radical (unpaired) electrons. The van der Waals surface area contributed by atoms with E-state index in [1.54, 1.807) is 16.5 Å². The average molecular weight is 501 g/mol. The van der Waals surface area contributed by atoms with E-state index in [1.807, 2.05) is 0 Å². The van der Waals surface area contributed by atoms with Gasteiger partial charge in [0.05, 0.1) is 16.9 Å². The lowest BCUT2D eigenvalue weighted by Gasteiger charge is -2.40. The largest absolute Gasteiger partial charge is 0.477 e. The van der Waals surface area contributed by atoms with Gasteiger partial charge in [-0.2, -0.15) is 0 Å². The number of ether oxygens (including phenoxy) is 1. The van der Waals surface area contributed by atoms with Crippen LogP contribution in [-0.2, 0) is 9.53 Å². The number of nitrogens with zero attached hydrogens (tertiary/aromatic N) is 4. The van der Waals surface area contributed by atoms with Crippen LogP contribution in [-0.4, -0.2) is 56.7 Å². The van der Waals surface area contributed by atoms with Crippen molar-refractivity contribution >= 4 is 39.9 Å². The summed E-state index contributed by atoms with van der Waals surface area (Å²) in [5, 5.41) is 11.4. The summed E-state index contributed by atoms with van der Waals surface area (Å²) in [4.78, 5) is 47.3. The number of carboxylic acid groups (broad SMARTS) is 1. The van der Waals surface area contributed by atoms with E-state index in [2.05, 4.69) is 16.9 Å². The molecule has 1 N–H and O–H groups in total. The molecule has 5 rings (SSSR count). The molecule has 1 atom stereocenters. The van der Waals surface area contributed by atoms with Gasteiger partial charge in [-0.3, -0.25) is 14.2 Å². The quantitative estimate of drug-likeness (QED) is 0.525. The van der Waals surface area contributed by atoms with Crippen LogP contribution in [0.2, 0.25) is 0 Å². The molecule has 0 aliphatic carbocycles. The number of aromatic nitrogens is 3. The first-order valence-corrected chi connectivity index (χ1v) is 12.4. The number of thiazole rings is 1. The Balaban J connectivity index is 1.38. The third-order valence-electron chi connectivity index (χ3n) is 6.86. The van der Waals surface area contributed by atoms with Gasteiger partial charge in [0, 0.05) is 43.9 Å². The van der Waals surface area contributed by atoms with Crippen molar-refractivity contribution in [2.24, 2.45) is 5.92 Å². The van der Waals surface area contributed by atoms with Crippen LogP contribution in [0.4, 0.5) is 10.2 Å². The number of carbonyl (C=O) groups is 2. The van der Waals surface area contributed by atoms with E-state index < -0.39 is 22.8 Å². The zero-order valence-corrected chi connectivity index (χ0v) is 20.0. The predicted octanol–water partition coefficient (Wildman–Crippen LogP) is 3.42. The molecule has 3 aromatic heterocycles. The van der Waals surface area contributed by atoms with Gasteiger partial charge in [0.1, 0.15) is 11.3 Å². The fourth-order valence-electron chi connectivity index (χ4n) is 4.71. The summed E-state index contributed by atoms with van der Waals surface area (Å²) in [6, 6.07) is 1.02. The smallest absolute Gasteiger partial charge is 0.341 e. The van der Waals surface area contributed by atoms with Crippen molar-refractivity contribution < 1.29 is 23.8 Å². The normalized spacial score (nSPS) is 20.7. The number of halogens is 1. The second-order valence-electron chi connectivity index (χ2n) is 9.35. The third-order valence-corrected chi connectivity index (χ3v) is 7.63. The summed E-state index contributed by atoms with van der Waals surface area (Å²) >= 11 is 1.23. The van der Waals surface area contributed by atoms with E-state index in [0.29, 0.717) is 31.1 Å². The zero-order valence-electron chi connectivity index (χ0n) is 19.2. The molecule has 9 nitrogen and oxygen atoms in total. The Morgan fingerprint density at radius 2 is 2.14 bits per heavy atom. The zero-order chi connectivity index (χ0) is 24.7. The van der Waals surface area contributed by atoms with Crippen molar-refractivity contribution in [2.75, 3.05) is 24.6 Å². The van der Waals surface area contributed by atoms with Crippen LogP contribution in [0.5, 0.6) is 0 Å². The van der Waals surface area contributed by atoms with Crippen molar-refractivity contribution in [3.8, 4) is 5.13 Å². The summed E-state index contributed by atoms with van der Waals surface area (Å²) in [6.07, 6.45) is 6.92. The summed E-state index contributed by atoms with van der Waals surface area (Å²) in [6.45, 7) is 3.45. The molecular weight excluding hydrogens is 475 g/mol. The lowest BCUT2D eigenvalue weighted by Crippen LogP contribution is -2.51. The highest BCUT2D eigenvalue weighted by molar-refractivity contribution is 7.12. The first-order valence-electron chi connectivity index (χ1n) is 11.6. The molecule has 1 unspecified atom stereocenters. The third kappa shape index (κ3) is 4.45. The number of carbonyl (C=O) groups excluding carboxylic acids is 1. The Labute approximate surface area is 204 Å². The molecule has 0 bridgehead atoms. The van der Waals surface area contributed by atoms with Gasteiger partial charge in [-0.1, -0.05) is 0 Å². The topological polar surface area (TPSA) is 115 Å². The molecule has 11 heteroatoms. The van der Waals surface area contributed by atoms with Gasteiger partial charge in [0.15, 0.2) is 22.4 Å². The highest BCUT2D eigenvalue weighted by atomic mass is 32.1. The van der Waals surface area contributed by atoms with Gasteiger partial charge in [-0.15, -0.1) is 11.3 Å². The van der Waals surface area contributed by atoms with Crippen LogP contribution in [0.3, 0.4) is 0 Å². The molecule has 2 aliphatic rings. The first-order chi connectivity index (χ1) is 16.8. The van der Waals surface area contributed by atoms with Crippen LogP contribution in [0.25, 0.3) is 16.2 Å². The van der Waals surface area contributed by atoms with Gasteiger partial charge in [0.2, 0.25) is 5.43 Å². The maximum atomic E-state index is 15.0. The van der Waals surface area contributed by atoms with Crippen molar-refractivity contribution in [1.29, 1.82) is 0 Å². The number of carboxylic acids is 1. The standard InChI is InChI=1S/C24H25FN4O5S/c1-24(5-2-3-8-34-24)6-4-18(30)14-11-28(12-14)21-17(25)10-15-19(31)16(22(32)33)13-29(20(15)27-21)23-26-7-9-35-23/h7,9-10,13-14H,2-6,8,11-12H2,1H3,(H,32,33). The summed E-state index contributed by atoms with van der Waals surface area (Å²) in [5.74, 6) is -2.21. The number of Topliss-reactive ketones (excluding diaryl/α,β-unsaturated/α-hetero) is 1. The summed E-state index contributed by atoms with van der Waals surface area (Å²) in [5.41, 5.74) is -1.44. The van der Waals surface area contributed by atoms with Gasteiger partial charge < -0.3 is 14.7 Å². The second-order valence-corrected chi connectivity index (χ2v) is 10.2. The fraction of sp³-hybridized carbons (Fsp3) is 0.458. The number of ketones is 1. The highest BCUT2D eigenvalue weighted by Gasteiger charge is 2.37. The molecule has 0 spiro atoms. The van der Waals surface area contributed by atoms with Crippen LogP contribution in [0, 0.1) is 11.7 Å². The Morgan fingerprint density at radius 1 is 1.34 bits per heavy atom. The van der Waals surface area contributed by atoms with E-state index in [-0.39, 0.29) is 34.2 Å².